The van der Waals surface area contributed by atoms with E-state index in [9.17, 15) is 5.11 Å². The van der Waals surface area contributed by atoms with E-state index in [-0.39, 0.29) is 12.1 Å². The van der Waals surface area contributed by atoms with Gasteiger partial charge in [0.2, 0.25) is 0 Å². The molecule has 1 fully saturated rings. The highest BCUT2D eigenvalue weighted by Crippen LogP contribution is 2.27. The van der Waals surface area contributed by atoms with E-state index >= 15 is 0 Å². The highest BCUT2D eigenvalue weighted by Gasteiger charge is 2.23. The van der Waals surface area contributed by atoms with E-state index in [1.165, 1.54) is 31.2 Å². The number of aliphatic hydroxyl groups is 1. The van der Waals surface area contributed by atoms with E-state index in [4.69, 9.17) is 4.74 Å². The van der Waals surface area contributed by atoms with Gasteiger partial charge in [-0.3, -0.25) is 0 Å². The third-order valence-corrected chi connectivity index (χ3v) is 4.19. The van der Waals surface area contributed by atoms with Gasteiger partial charge in [0.25, 0.3) is 0 Å². The summed E-state index contributed by atoms with van der Waals surface area (Å²) < 4.78 is 5.15. The number of hydrogen-bond donors (Lipinski definition) is 2. The highest BCUT2D eigenvalue weighted by molar-refractivity contribution is 5.28. The minimum absolute atomic E-state index is 0.205. The fraction of sp³-hybridized carbons (Fsp3) is 0.625. The molecule has 0 saturated heterocycles. The predicted octanol–water partition coefficient (Wildman–Crippen LogP) is 2.90. The van der Waals surface area contributed by atoms with Crippen LogP contribution in [0, 0.1) is 5.92 Å². The molecule has 2 unspecified atom stereocenters. The van der Waals surface area contributed by atoms with Gasteiger partial charge in [-0.25, -0.2) is 0 Å². The lowest BCUT2D eigenvalue weighted by Crippen LogP contribution is -2.33. The Bertz CT molecular complexity index is 371. The molecule has 2 rings (SSSR count). The Morgan fingerprint density at radius 3 is 2.47 bits per heavy atom. The maximum absolute atomic E-state index is 10.1. The zero-order chi connectivity index (χ0) is 13.7. The summed E-state index contributed by atoms with van der Waals surface area (Å²) >= 11 is 0. The Morgan fingerprint density at radius 1 is 1.26 bits per heavy atom. The van der Waals surface area contributed by atoms with Gasteiger partial charge < -0.3 is 15.2 Å². The van der Waals surface area contributed by atoms with Crippen molar-refractivity contribution < 1.29 is 9.84 Å². The molecule has 0 spiro atoms. The van der Waals surface area contributed by atoms with Gasteiger partial charge >= 0.3 is 0 Å². The monoisotopic (exact) mass is 263 g/mol. The van der Waals surface area contributed by atoms with Crippen molar-refractivity contribution in [3.8, 4) is 5.75 Å². The number of nitrogens with one attached hydrogen (secondary N) is 1. The van der Waals surface area contributed by atoms with Gasteiger partial charge in [0.05, 0.1) is 13.2 Å². The molecule has 0 aromatic heterocycles. The number of ether oxygens (including phenoxy) is 1. The van der Waals surface area contributed by atoms with Gasteiger partial charge in [-0.1, -0.05) is 25.0 Å². The summed E-state index contributed by atoms with van der Waals surface area (Å²) in [6.45, 7) is 2.81. The van der Waals surface area contributed by atoms with Crippen molar-refractivity contribution in [2.75, 3.05) is 13.7 Å². The van der Waals surface area contributed by atoms with Crippen LogP contribution >= 0.6 is 0 Å². The second-order valence-corrected chi connectivity index (χ2v) is 5.51. The first-order valence-corrected chi connectivity index (χ1v) is 7.26. The quantitative estimate of drug-likeness (QED) is 0.829. The molecule has 0 bridgehead atoms. The lowest BCUT2D eigenvalue weighted by atomic mass is 10.0. The van der Waals surface area contributed by atoms with Crippen LogP contribution in [0.1, 0.15) is 44.2 Å². The van der Waals surface area contributed by atoms with Gasteiger partial charge in [-0.05, 0) is 43.4 Å². The van der Waals surface area contributed by atoms with E-state index in [1.807, 2.05) is 12.1 Å². The molecule has 0 amide bonds. The smallest absolute Gasteiger partial charge is 0.118 e. The summed E-state index contributed by atoms with van der Waals surface area (Å²) in [5.41, 5.74) is 1.22. The molecule has 2 N–H and O–H groups in total. The van der Waals surface area contributed by atoms with Crippen molar-refractivity contribution in [3.05, 3.63) is 29.8 Å². The van der Waals surface area contributed by atoms with Crippen LogP contribution in [0.25, 0.3) is 0 Å². The number of aliphatic hydroxyl groups excluding tert-OH is 1. The highest BCUT2D eigenvalue weighted by atomic mass is 16.5. The lowest BCUT2D eigenvalue weighted by Gasteiger charge is -2.21. The molecule has 19 heavy (non-hydrogen) atoms. The van der Waals surface area contributed by atoms with Gasteiger partial charge in [0, 0.05) is 12.6 Å². The summed E-state index contributed by atoms with van der Waals surface area (Å²) in [6, 6.07) is 8.33. The molecule has 0 heterocycles. The molecule has 0 aliphatic heterocycles. The third-order valence-electron chi connectivity index (χ3n) is 4.19. The van der Waals surface area contributed by atoms with Gasteiger partial charge in [-0.15, -0.1) is 0 Å². The van der Waals surface area contributed by atoms with Gasteiger partial charge in [-0.2, -0.15) is 0 Å². The molecular weight excluding hydrogens is 238 g/mol. The first-order valence-electron chi connectivity index (χ1n) is 7.26. The normalized spacial score (nSPS) is 19.3. The number of benzene rings is 1. The van der Waals surface area contributed by atoms with Gasteiger partial charge in [0.1, 0.15) is 5.75 Å². The number of methoxy groups -OCH3 is 1. The zero-order valence-electron chi connectivity index (χ0n) is 11.9. The molecule has 1 aromatic carbocycles. The minimum Gasteiger partial charge on any atom is -0.497 e. The van der Waals surface area contributed by atoms with Crippen molar-refractivity contribution in [3.63, 3.8) is 0 Å². The van der Waals surface area contributed by atoms with Crippen LogP contribution in [0.4, 0.5) is 0 Å². The Kier molecular flexibility index (Phi) is 5.23. The second kappa shape index (κ2) is 6.92. The summed E-state index contributed by atoms with van der Waals surface area (Å²) in [5, 5.41) is 13.6. The van der Waals surface area contributed by atoms with Crippen molar-refractivity contribution in [2.24, 2.45) is 5.92 Å². The molecule has 3 nitrogen and oxygen atoms in total. The van der Waals surface area contributed by atoms with Crippen LogP contribution in [0.5, 0.6) is 5.75 Å². The molecule has 1 aromatic rings. The minimum atomic E-state index is -0.205. The summed E-state index contributed by atoms with van der Waals surface area (Å²) in [7, 11) is 1.68. The van der Waals surface area contributed by atoms with Crippen LogP contribution in [0.3, 0.4) is 0 Å². The standard InChI is InChI=1S/C16H25NO2/c1-12(13-7-9-15(19-2)10-8-13)17-11-16(18)14-5-3-4-6-14/h7-10,12,14,16-18H,3-6,11H2,1-2H3. The zero-order valence-corrected chi connectivity index (χ0v) is 11.9. The maximum atomic E-state index is 10.1. The Balaban J connectivity index is 1.80. The molecule has 3 heteroatoms. The van der Waals surface area contributed by atoms with E-state index in [2.05, 4.69) is 24.4 Å². The second-order valence-electron chi connectivity index (χ2n) is 5.51. The largest absolute Gasteiger partial charge is 0.497 e. The van der Waals surface area contributed by atoms with Crippen molar-refractivity contribution in [1.82, 2.24) is 5.32 Å². The Labute approximate surface area is 116 Å². The molecule has 1 aliphatic rings. The van der Waals surface area contributed by atoms with Crippen molar-refractivity contribution >= 4 is 0 Å². The first-order chi connectivity index (χ1) is 9.20. The fourth-order valence-electron chi connectivity index (χ4n) is 2.82. The van der Waals surface area contributed by atoms with Crippen LogP contribution < -0.4 is 10.1 Å². The fourth-order valence-corrected chi connectivity index (χ4v) is 2.82. The summed E-state index contributed by atoms with van der Waals surface area (Å²) in [4.78, 5) is 0. The maximum Gasteiger partial charge on any atom is 0.118 e. The topological polar surface area (TPSA) is 41.5 Å². The molecule has 2 atom stereocenters. The van der Waals surface area contributed by atoms with E-state index < -0.39 is 0 Å². The van der Waals surface area contributed by atoms with E-state index in [0.29, 0.717) is 12.5 Å². The summed E-state index contributed by atoms with van der Waals surface area (Å²) in [5.74, 6) is 1.37. The lowest BCUT2D eigenvalue weighted by molar-refractivity contribution is 0.106. The average molecular weight is 263 g/mol. The Morgan fingerprint density at radius 2 is 1.89 bits per heavy atom. The number of hydrogen-bond acceptors (Lipinski definition) is 3. The molecule has 106 valence electrons. The molecule has 1 saturated carbocycles. The van der Waals surface area contributed by atoms with Crippen molar-refractivity contribution in [2.45, 2.75) is 44.8 Å². The van der Waals surface area contributed by atoms with E-state index in [0.717, 1.165) is 5.75 Å². The predicted molar refractivity (Wildman–Crippen MR) is 77.4 cm³/mol. The molecular formula is C16H25NO2. The molecule has 1 aliphatic carbocycles. The van der Waals surface area contributed by atoms with Crippen molar-refractivity contribution in [1.29, 1.82) is 0 Å². The van der Waals surface area contributed by atoms with Gasteiger partial charge in [0.15, 0.2) is 0 Å². The molecule has 0 radical (unpaired) electrons. The van der Waals surface area contributed by atoms with E-state index in [1.54, 1.807) is 7.11 Å². The summed E-state index contributed by atoms with van der Waals surface area (Å²) in [6.07, 6.45) is 4.70. The number of rotatable bonds is 6. The van der Waals surface area contributed by atoms with Crippen LogP contribution in [-0.2, 0) is 0 Å². The Hall–Kier alpha value is -1.06. The van der Waals surface area contributed by atoms with Crippen LogP contribution in [-0.4, -0.2) is 24.9 Å². The van der Waals surface area contributed by atoms with Crippen LogP contribution in [0.15, 0.2) is 24.3 Å². The average Bonchev–Trinajstić information content (AvgIpc) is 2.98. The third kappa shape index (κ3) is 3.95. The first kappa shape index (κ1) is 14.4. The SMILES string of the molecule is COc1ccc(C(C)NCC(O)C2CCCC2)cc1. The van der Waals surface area contributed by atoms with Crippen LogP contribution in [0.2, 0.25) is 0 Å².